The summed E-state index contributed by atoms with van der Waals surface area (Å²) in [4.78, 5) is 7.69. The maximum absolute atomic E-state index is 13.3. The summed E-state index contributed by atoms with van der Waals surface area (Å²) < 4.78 is 20.5. The number of imidazole rings is 1. The monoisotopic (exact) mass is 392 g/mol. The molecule has 2 aromatic heterocycles. The summed E-state index contributed by atoms with van der Waals surface area (Å²) in [6, 6.07) is 16.2. The molecule has 2 heterocycles. The number of aromatic amines is 1. The maximum Gasteiger partial charge on any atom is 0.200 e. The number of aromatic nitrogens is 5. The highest BCUT2D eigenvalue weighted by Gasteiger charge is 2.19. The SMILES string of the molecule is CCOCn1nnc(-c2ccc(F)cc2)c1-c1cnc(NCc2ccccc2)[nH]1. The van der Waals surface area contributed by atoms with E-state index in [1.54, 1.807) is 23.0 Å². The van der Waals surface area contributed by atoms with E-state index in [2.05, 4.69) is 25.6 Å². The molecule has 0 fully saturated rings. The molecular formula is C21H21FN6O. The smallest absolute Gasteiger partial charge is 0.200 e. The minimum Gasteiger partial charge on any atom is -0.359 e. The Kier molecular flexibility index (Phi) is 5.62. The van der Waals surface area contributed by atoms with Crippen LogP contribution in [0.5, 0.6) is 0 Å². The van der Waals surface area contributed by atoms with Crippen molar-refractivity contribution < 1.29 is 9.13 Å². The minimum atomic E-state index is -0.300. The average molecular weight is 392 g/mol. The molecule has 4 aromatic rings. The fraction of sp³-hybridized carbons (Fsp3) is 0.190. The highest BCUT2D eigenvalue weighted by Crippen LogP contribution is 2.30. The van der Waals surface area contributed by atoms with E-state index in [0.29, 0.717) is 24.8 Å². The van der Waals surface area contributed by atoms with Crippen molar-refractivity contribution >= 4 is 5.95 Å². The van der Waals surface area contributed by atoms with Gasteiger partial charge in [-0.25, -0.2) is 14.1 Å². The van der Waals surface area contributed by atoms with Gasteiger partial charge in [-0.05, 0) is 36.8 Å². The Morgan fingerprint density at radius 3 is 2.66 bits per heavy atom. The van der Waals surface area contributed by atoms with E-state index in [9.17, 15) is 4.39 Å². The molecule has 0 saturated heterocycles. The molecule has 0 amide bonds. The van der Waals surface area contributed by atoms with E-state index >= 15 is 0 Å². The third-order valence-electron chi connectivity index (χ3n) is 4.40. The molecule has 7 nitrogen and oxygen atoms in total. The Bertz CT molecular complexity index is 1060. The molecule has 0 radical (unpaired) electrons. The van der Waals surface area contributed by atoms with Crippen LogP contribution < -0.4 is 5.32 Å². The Labute approximate surface area is 167 Å². The third kappa shape index (κ3) is 4.33. The van der Waals surface area contributed by atoms with Crippen molar-refractivity contribution in [2.45, 2.75) is 20.2 Å². The average Bonchev–Trinajstić information content (AvgIpc) is 3.39. The van der Waals surface area contributed by atoms with Crippen molar-refractivity contribution in [3.63, 3.8) is 0 Å². The molecule has 0 bridgehead atoms. The largest absolute Gasteiger partial charge is 0.359 e. The lowest BCUT2D eigenvalue weighted by molar-refractivity contribution is 0.0790. The number of rotatable bonds is 8. The molecule has 0 aliphatic heterocycles. The summed E-state index contributed by atoms with van der Waals surface area (Å²) in [5, 5.41) is 11.8. The molecule has 2 N–H and O–H groups in total. The molecule has 4 rings (SSSR count). The van der Waals surface area contributed by atoms with Crippen LogP contribution in [0, 0.1) is 5.82 Å². The van der Waals surface area contributed by atoms with Crippen LogP contribution >= 0.6 is 0 Å². The summed E-state index contributed by atoms with van der Waals surface area (Å²) in [5.74, 6) is 0.337. The lowest BCUT2D eigenvalue weighted by Crippen LogP contribution is -2.06. The Hall–Kier alpha value is -3.52. The van der Waals surface area contributed by atoms with E-state index in [0.717, 1.165) is 22.5 Å². The van der Waals surface area contributed by atoms with Gasteiger partial charge in [0.25, 0.3) is 0 Å². The van der Waals surface area contributed by atoms with E-state index in [1.165, 1.54) is 12.1 Å². The zero-order valence-corrected chi connectivity index (χ0v) is 16.0. The second kappa shape index (κ2) is 8.66. The topological polar surface area (TPSA) is 80.7 Å². The van der Waals surface area contributed by atoms with Crippen LogP contribution in [0.1, 0.15) is 12.5 Å². The van der Waals surface area contributed by atoms with E-state index in [-0.39, 0.29) is 12.5 Å². The van der Waals surface area contributed by atoms with Gasteiger partial charge < -0.3 is 15.0 Å². The molecule has 0 atom stereocenters. The van der Waals surface area contributed by atoms with Crippen molar-refractivity contribution in [1.29, 1.82) is 0 Å². The van der Waals surface area contributed by atoms with Crippen molar-refractivity contribution in [3.05, 3.63) is 72.2 Å². The van der Waals surface area contributed by atoms with Gasteiger partial charge in [0, 0.05) is 18.7 Å². The number of H-pyrrole nitrogens is 1. The van der Waals surface area contributed by atoms with Gasteiger partial charge in [-0.3, -0.25) is 0 Å². The zero-order valence-electron chi connectivity index (χ0n) is 16.0. The molecule has 0 aliphatic rings. The summed E-state index contributed by atoms with van der Waals surface area (Å²) in [5.41, 5.74) is 4.01. The quantitative estimate of drug-likeness (QED) is 0.472. The van der Waals surface area contributed by atoms with Gasteiger partial charge in [-0.2, -0.15) is 0 Å². The van der Waals surface area contributed by atoms with Crippen molar-refractivity contribution in [1.82, 2.24) is 25.0 Å². The van der Waals surface area contributed by atoms with Crippen LogP contribution in [0.3, 0.4) is 0 Å². The predicted molar refractivity (Wildman–Crippen MR) is 108 cm³/mol. The number of nitrogens with one attached hydrogen (secondary N) is 2. The van der Waals surface area contributed by atoms with Crippen LogP contribution in [0.4, 0.5) is 10.3 Å². The van der Waals surface area contributed by atoms with Gasteiger partial charge in [0.05, 0.1) is 11.9 Å². The first-order valence-electron chi connectivity index (χ1n) is 9.35. The van der Waals surface area contributed by atoms with Gasteiger partial charge in [-0.1, -0.05) is 35.5 Å². The lowest BCUT2D eigenvalue weighted by atomic mass is 10.1. The summed E-state index contributed by atoms with van der Waals surface area (Å²) in [7, 11) is 0. The summed E-state index contributed by atoms with van der Waals surface area (Å²) in [6.45, 7) is 3.37. The number of hydrogen-bond acceptors (Lipinski definition) is 5. The Balaban J connectivity index is 1.63. The summed E-state index contributed by atoms with van der Waals surface area (Å²) in [6.07, 6.45) is 1.72. The number of nitrogens with zero attached hydrogens (tertiary/aromatic N) is 4. The molecule has 0 unspecified atom stereocenters. The molecular weight excluding hydrogens is 371 g/mol. The normalized spacial score (nSPS) is 11.0. The van der Waals surface area contributed by atoms with E-state index in [1.807, 2.05) is 37.3 Å². The molecule has 148 valence electrons. The fourth-order valence-corrected chi connectivity index (χ4v) is 2.96. The van der Waals surface area contributed by atoms with Crippen LogP contribution in [-0.2, 0) is 18.0 Å². The Morgan fingerprint density at radius 2 is 1.90 bits per heavy atom. The van der Waals surface area contributed by atoms with Gasteiger partial charge in [0.1, 0.15) is 23.9 Å². The van der Waals surface area contributed by atoms with Crippen LogP contribution in [-0.4, -0.2) is 31.6 Å². The third-order valence-corrected chi connectivity index (χ3v) is 4.40. The molecule has 2 aromatic carbocycles. The van der Waals surface area contributed by atoms with Gasteiger partial charge >= 0.3 is 0 Å². The molecule has 0 saturated carbocycles. The number of benzene rings is 2. The molecule has 0 spiro atoms. The Morgan fingerprint density at radius 1 is 1.10 bits per heavy atom. The second-order valence-electron chi connectivity index (χ2n) is 6.40. The van der Waals surface area contributed by atoms with Crippen LogP contribution in [0.15, 0.2) is 60.8 Å². The van der Waals surface area contributed by atoms with Crippen molar-refractivity contribution in [3.8, 4) is 22.6 Å². The first kappa shape index (κ1) is 18.8. The standard InChI is InChI=1S/C21H21FN6O/c1-2-29-14-28-20(19(26-27-28)16-8-10-17(22)11-9-16)18-13-24-21(25-18)23-12-15-6-4-3-5-7-15/h3-11,13H,2,12,14H2,1H3,(H2,23,24,25). The number of hydrogen-bond donors (Lipinski definition) is 2. The highest BCUT2D eigenvalue weighted by atomic mass is 19.1. The van der Waals surface area contributed by atoms with Crippen LogP contribution in [0.25, 0.3) is 22.6 Å². The molecule has 0 aliphatic carbocycles. The highest BCUT2D eigenvalue weighted by molar-refractivity contribution is 5.76. The van der Waals surface area contributed by atoms with Crippen LogP contribution in [0.2, 0.25) is 0 Å². The van der Waals surface area contributed by atoms with E-state index < -0.39 is 0 Å². The van der Waals surface area contributed by atoms with Gasteiger partial charge in [0.15, 0.2) is 0 Å². The van der Waals surface area contributed by atoms with Crippen molar-refractivity contribution in [2.75, 3.05) is 11.9 Å². The van der Waals surface area contributed by atoms with Gasteiger partial charge in [-0.15, -0.1) is 5.10 Å². The summed E-state index contributed by atoms with van der Waals surface area (Å²) >= 11 is 0. The van der Waals surface area contributed by atoms with Crippen molar-refractivity contribution in [2.24, 2.45) is 0 Å². The molecule has 29 heavy (non-hydrogen) atoms. The fourth-order valence-electron chi connectivity index (χ4n) is 2.96. The number of anilines is 1. The van der Waals surface area contributed by atoms with E-state index in [4.69, 9.17) is 4.74 Å². The first-order chi connectivity index (χ1) is 14.2. The van der Waals surface area contributed by atoms with Gasteiger partial charge in [0.2, 0.25) is 5.95 Å². The zero-order chi connectivity index (χ0) is 20.1. The number of ether oxygens (including phenoxy) is 1. The predicted octanol–water partition coefficient (Wildman–Crippen LogP) is 4.08. The lowest BCUT2D eigenvalue weighted by Gasteiger charge is -2.07. The minimum absolute atomic E-state index is 0.256. The maximum atomic E-state index is 13.3. The molecule has 8 heteroatoms. The number of halogens is 1. The first-order valence-corrected chi connectivity index (χ1v) is 9.35. The second-order valence-corrected chi connectivity index (χ2v) is 6.40.